The van der Waals surface area contributed by atoms with E-state index in [0.717, 1.165) is 48.2 Å². The van der Waals surface area contributed by atoms with Crippen LogP contribution in [0.5, 0.6) is 5.75 Å². The number of aryl methyl sites for hydroxylation is 2. The van der Waals surface area contributed by atoms with Crippen LogP contribution >= 0.6 is 0 Å². The first-order valence-electron chi connectivity index (χ1n) is 9.18. The van der Waals surface area contributed by atoms with Gasteiger partial charge in [0, 0.05) is 32.2 Å². The van der Waals surface area contributed by atoms with E-state index in [1.165, 1.54) is 5.56 Å². The van der Waals surface area contributed by atoms with Crippen molar-refractivity contribution in [2.75, 3.05) is 26.7 Å². The van der Waals surface area contributed by atoms with Gasteiger partial charge in [0.1, 0.15) is 11.5 Å². The minimum Gasteiger partial charge on any atom is -0.494 e. The fourth-order valence-electron chi connectivity index (χ4n) is 2.81. The molecule has 0 saturated carbocycles. The van der Waals surface area contributed by atoms with Crippen LogP contribution in [-0.2, 0) is 13.0 Å². The average Bonchev–Trinajstić information content (AvgIpc) is 2.94. The van der Waals surface area contributed by atoms with E-state index in [9.17, 15) is 0 Å². The SMILES string of the molecule is CCNC(=NCCc1c(C)noc1C)N(C)Cc1ccc(OCC)cc1. The Morgan fingerprint density at radius 1 is 1.23 bits per heavy atom. The van der Waals surface area contributed by atoms with Crippen LogP contribution in [0.4, 0.5) is 0 Å². The number of aliphatic imine (C=N–C) groups is 1. The van der Waals surface area contributed by atoms with Gasteiger partial charge in [-0.25, -0.2) is 0 Å². The zero-order valence-corrected chi connectivity index (χ0v) is 16.5. The summed E-state index contributed by atoms with van der Waals surface area (Å²) in [6, 6.07) is 8.20. The molecule has 2 aromatic rings. The van der Waals surface area contributed by atoms with Crippen LogP contribution < -0.4 is 10.1 Å². The van der Waals surface area contributed by atoms with Gasteiger partial charge in [0.15, 0.2) is 5.96 Å². The minimum atomic E-state index is 0.682. The molecule has 0 aliphatic carbocycles. The maximum absolute atomic E-state index is 5.50. The molecule has 0 aliphatic heterocycles. The summed E-state index contributed by atoms with van der Waals surface area (Å²) in [5.74, 6) is 2.68. The second kappa shape index (κ2) is 9.85. The fraction of sp³-hybridized carbons (Fsp3) is 0.500. The van der Waals surface area contributed by atoms with Crippen molar-refractivity contribution in [3.05, 3.63) is 46.8 Å². The van der Waals surface area contributed by atoms with Crippen LogP contribution in [-0.4, -0.2) is 42.8 Å². The van der Waals surface area contributed by atoms with Crippen molar-refractivity contribution >= 4 is 5.96 Å². The van der Waals surface area contributed by atoms with E-state index in [4.69, 9.17) is 14.3 Å². The number of hydrogen-bond acceptors (Lipinski definition) is 4. The Labute approximate surface area is 156 Å². The topological polar surface area (TPSA) is 62.9 Å². The lowest BCUT2D eigenvalue weighted by atomic mass is 10.1. The second-order valence-electron chi connectivity index (χ2n) is 6.22. The molecule has 0 saturated heterocycles. The highest BCUT2D eigenvalue weighted by atomic mass is 16.5. The molecule has 0 aliphatic rings. The number of nitrogens with one attached hydrogen (secondary N) is 1. The van der Waals surface area contributed by atoms with Crippen molar-refractivity contribution in [1.82, 2.24) is 15.4 Å². The van der Waals surface area contributed by atoms with Crippen LogP contribution in [0.25, 0.3) is 0 Å². The second-order valence-corrected chi connectivity index (χ2v) is 6.22. The fourth-order valence-corrected chi connectivity index (χ4v) is 2.81. The minimum absolute atomic E-state index is 0.682. The quantitative estimate of drug-likeness (QED) is 0.579. The smallest absolute Gasteiger partial charge is 0.193 e. The van der Waals surface area contributed by atoms with Gasteiger partial charge < -0.3 is 19.5 Å². The van der Waals surface area contributed by atoms with Crippen molar-refractivity contribution in [2.24, 2.45) is 4.99 Å². The van der Waals surface area contributed by atoms with Crippen LogP contribution in [0.2, 0.25) is 0 Å². The first-order valence-corrected chi connectivity index (χ1v) is 9.18. The lowest BCUT2D eigenvalue weighted by molar-refractivity contribution is 0.340. The Hall–Kier alpha value is -2.50. The number of benzene rings is 1. The maximum Gasteiger partial charge on any atom is 0.193 e. The zero-order valence-electron chi connectivity index (χ0n) is 16.5. The van der Waals surface area contributed by atoms with Gasteiger partial charge in [-0.3, -0.25) is 4.99 Å². The molecule has 1 heterocycles. The Bertz CT molecular complexity index is 688. The first kappa shape index (κ1) is 19.8. The number of nitrogens with zero attached hydrogens (tertiary/aromatic N) is 3. The molecule has 0 unspecified atom stereocenters. The molecular formula is C20H30N4O2. The van der Waals surface area contributed by atoms with Crippen LogP contribution in [0.3, 0.4) is 0 Å². The van der Waals surface area contributed by atoms with E-state index in [2.05, 4.69) is 34.4 Å². The van der Waals surface area contributed by atoms with E-state index in [1.807, 2.05) is 40.0 Å². The van der Waals surface area contributed by atoms with Crippen LogP contribution in [0, 0.1) is 13.8 Å². The summed E-state index contributed by atoms with van der Waals surface area (Å²) in [5, 5.41) is 7.36. The molecule has 1 aromatic heterocycles. The summed E-state index contributed by atoms with van der Waals surface area (Å²) in [4.78, 5) is 6.88. The largest absolute Gasteiger partial charge is 0.494 e. The molecule has 0 radical (unpaired) electrons. The van der Waals surface area contributed by atoms with Crippen molar-refractivity contribution in [2.45, 2.75) is 40.7 Å². The van der Waals surface area contributed by atoms with Crippen molar-refractivity contribution in [3.63, 3.8) is 0 Å². The molecule has 1 aromatic carbocycles. The van der Waals surface area contributed by atoms with E-state index in [0.29, 0.717) is 13.2 Å². The Balaban J connectivity index is 1.98. The number of guanidine groups is 1. The highest BCUT2D eigenvalue weighted by Gasteiger charge is 2.10. The first-order chi connectivity index (χ1) is 12.5. The Kier molecular flexibility index (Phi) is 7.51. The predicted molar refractivity (Wildman–Crippen MR) is 105 cm³/mol. The normalized spacial score (nSPS) is 11.5. The molecule has 0 amide bonds. The standard InChI is InChI=1S/C20H30N4O2/c1-6-21-20(22-13-12-19-15(3)23-26-16(19)4)24(5)14-17-8-10-18(11-9-17)25-7-2/h8-11H,6-7,12-14H2,1-5H3,(H,21,22). The monoisotopic (exact) mass is 358 g/mol. The number of hydrogen-bond donors (Lipinski definition) is 1. The lowest BCUT2D eigenvalue weighted by Crippen LogP contribution is -2.38. The van der Waals surface area contributed by atoms with Crippen molar-refractivity contribution < 1.29 is 9.26 Å². The van der Waals surface area contributed by atoms with Crippen LogP contribution in [0.15, 0.2) is 33.8 Å². The molecule has 6 heteroatoms. The van der Waals surface area contributed by atoms with Gasteiger partial charge in [0.25, 0.3) is 0 Å². The summed E-state index contributed by atoms with van der Waals surface area (Å²) in [6.45, 7) is 11.0. The predicted octanol–water partition coefficient (Wildman–Crippen LogP) is 3.33. The summed E-state index contributed by atoms with van der Waals surface area (Å²) < 4.78 is 10.7. The van der Waals surface area contributed by atoms with E-state index >= 15 is 0 Å². The van der Waals surface area contributed by atoms with Gasteiger partial charge in [-0.1, -0.05) is 17.3 Å². The number of rotatable bonds is 8. The third-order valence-electron chi connectivity index (χ3n) is 4.16. The van der Waals surface area contributed by atoms with Gasteiger partial charge in [-0.05, 0) is 51.8 Å². The van der Waals surface area contributed by atoms with Gasteiger partial charge in [-0.2, -0.15) is 0 Å². The van der Waals surface area contributed by atoms with E-state index in [-0.39, 0.29) is 0 Å². The molecular weight excluding hydrogens is 328 g/mol. The molecule has 0 bridgehead atoms. The highest BCUT2D eigenvalue weighted by molar-refractivity contribution is 5.79. The highest BCUT2D eigenvalue weighted by Crippen LogP contribution is 2.14. The third kappa shape index (κ3) is 5.51. The summed E-state index contributed by atoms with van der Waals surface area (Å²) in [7, 11) is 2.05. The number of ether oxygens (including phenoxy) is 1. The van der Waals surface area contributed by atoms with Gasteiger partial charge in [0.2, 0.25) is 0 Å². The average molecular weight is 358 g/mol. The number of aromatic nitrogens is 1. The Morgan fingerprint density at radius 3 is 2.54 bits per heavy atom. The van der Waals surface area contributed by atoms with Gasteiger partial charge >= 0.3 is 0 Å². The summed E-state index contributed by atoms with van der Waals surface area (Å²) >= 11 is 0. The van der Waals surface area contributed by atoms with Crippen molar-refractivity contribution in [3.8, 4) is 5.75 Å². The summed E-state index contributed by atoms with van der Waals surface area (Å²) in [5.41, 5.74) is 3.32. The molecule has 2 rings (SSSR count). The zero-order chi connectivity index (χ0) is 18.9. The lowest BCUT2D eigenvalue weighted by Gasteiger charge is -2.22. The van der Waals surface area contributed by atoms with Gasteiger partial charge in [-0.15, -0.1) is 0 Å². The van der Waals surface area contributed by atoms with E-state index < -0.39 is 0 Å². The molecule has 142 valence electrons. The molecule has 0 fully saturated rings. The third-order valence-corrected chi connectivity index (χ3v) is 4.16. The summed E-state index contributed by atoms with van der Waals surface area (Å²) in [6.07, 6.45) is 0.826. The molecule has 26 heavy (non-hydrogen) atoms. The van der Waals surface area contributed by atoms with Crippen LogP contribution in [0.1, 0.15) is 36.4 Å². The maximum atomic E-state index is 5.50. The molecule has 0 spiro atoms. The van der Waals surface area contributed by atoms with E-state index in [1.54, 1.807) is 0 Å². The van der Waals surface area contributed by atoms with Crippen molar-refractivity contribution in [1.29, 1.82) is 0 Å². The molecule has 6 nitrogen and oxygen atoms in total. The molecule has 0 atom stereocenters. The Morgan fingerprint density at radius 2 is 1.96 bits per heavy atom. The molecule has 1 N–H and O–H groups in total. The van der Waals surface area contributed by atoms with Gasteiger partial charge in [0.05, 0.1) is 12.3 Å².